The second kappa shape index (κ2) is 5.02. The molecule has 0 radical (unpaired) electrons. The highest BCUT2D eigenvalue weighted by Gasteiger charge is 2.70. The first-order valence-electron chi connectivity index (χ1n) is 9.55. The Morgan fingerprint density at radius 1 is 1.04 bits per heavy atom. The van der Waals surface area contributed by atoms with Crippen LogP contribution in [0.3, 0.4) is 0 Å². The third-order valence-corrected chi connectivity index (χ3v) is 6.98. The fraction of sp³-hybridized carbons (Fsp3) is 0.889. The van der Waals surface area contributed by atoms with E-state index in [2.05, 4.69) is 34.6 Å². The van der Waals surface area contributed by atoms with Gasteiger partial charge in [0.2, 0.25) is 0 Å². The molecule has 4 fully saturated rings. The molecule has 4 amide bonds. The molecule has 0 saturated carbocycles. The lowest BCUT2D eigenvalue weighted by Gasteiger charge is -2.38. The summed E-state index contributed by atoms with van der Waals surface area (Å²) in [6, 6.07) is 0.546. The van der Waals surface area contributed by atoms with Gasteiger partial charge in [-0.15, -0.1) is 0 Å². The number of nitrogens with zero attached hydrogens (tertiary/aromatic N) is 4. The molecule has 0 aliphatic carbocycles. The van der Waals surface area contributed by atoms with Crippen molar-refractivity contribution in [1.82, 2.24) is 19.6 Å². The monoisotopic (exact) mass is 334 g/mol. The molecule has 0 bridgehead atoms. The van der Waals surface area contributed by atoms with E-state index in [-0.39, 0.29) is 42.0 Å². The van der Waals surface area contributed by atoms with Crippen molar-refractivity contribution in [1.29, 1.82) is 0 Å². The molecule has 4 aliphatic rings. The molecule has 4 heterocycles. The van der Waals surface area contributed by atoms with E-state index in [1.54, 1.807) is 0 Å². The Balaban J connectivity index is 1.80. The van der Waals surface area contributed by atoms with Gasteiger partial charge in [0.1, 0.15) is 6.17 Å². The molecule has 4 saturated heterocycles. The van der Waals surface area contributed by atoms with Gasteiger partial charge in [0.05, 0.1) is 11.6 Å². The van der Waals surface area contributed by atoms with Gasteiger partial charge in [-0.25, -0.2) is 9.59 Å². The topological polar surface area (TPSA) is 47.1 Å². The van der Waals surface area contributed by atoms with Crippen LogP contribution in [0.25, 0.3) is 0 Å². The Hall–Kier alpha value is -1.46. The number of hydrogen-bond donors (Lipinski definition) is 0. The Kier molecular flexibility index (Phi) is 3.35. The van der Waals surface area contributed by atoms with E-state index in [9.17, 15) is 9.59 Å². The molecular formula is C18H30N4O2. The quantitative estimate of drug-likeness (QED) is 0.779. The summed E-state index contributed by atoms with van der Waals surface area (Å²) in [5.74, 6) is 0.582. The van der Waals surface area contributed by atoms with Crippen molar-refractivity contribution in [3.05, 3.63) is 0 Å². The van der Waals surface area contributed by atoms with Crippen LogP contribution in [0.2, 0.25) is 0 Å². The first kappa shape index (κ1) is 16.0. The van der Waals surface area contributed by atoms with Gasteiger partial charge in [-0.05, 0) is 46.0 Å². The molecule has 0 aromatic heterocycles. The molecule has 0 aromatic carbocycles. The van der Waals surface area contributed by atoms with Gasteiger partial charge in [-0.3, -0.25) is 19.6 Å². The molecule has 4 rings (SSSR count). The Morgan fingerprint density at radius 3 is 2.38 bits per heavy atom. The van der Waals surface area contributed by atoms with E-state index in [1.807, 2.05) is 19.6 Å². The minimum absolute atomic E-state index is 0.100. The summed E-state index contributed by atoms with van der Waals surface area (Å²) in [4.78, 5) is 34.6. The lowest BCUT2D eigenvalue weighted by molar-refractivity contribution is 0.0725. The van der Waals surface area contributed by atoms with Crippen molar-refractivity contribution < 1.29 is 9.59 Å². The molecule has 6 heteroatoms. The summed E-state index contributed by atoms with van der Waals surface area (Å²) in [6.45, 7) is 11.5. The fourth-order valence-electron chi connectivity index (χ4n) is 5.77. The maximum atomic E-state index is 13.3. The molecule has 24 heavy (non-hydrogen) atoms. The summed E-state index contributed by atoms with van der Waals surface area (Å²) < 4.78 is 0. The summed E-state index contributed by atoms with van der Waals surface area (Å²) in [5, 5.41) is 0. The first-order chi connectivity index (χ1) is 11.3. The van der Waals surface area contributed by atoms with Crippen LogP contribution < -0.4 is 0 Å². The van der Waals surface area contributed by atoms with Crippen LogP contribution in [0.1, 0.15) is 60.3 Å². The highest BCUT2D eigenvalue weighted by atomic mass is 16.2. The summed E-state index contributed by atoms with van der Waals surface area (Å²) >= 11 is 0. The Labute approximate surface area is 144 Å². The van der Waals surface area contributed by atoms with Crippen LogP contribution in [-0.2, 0) is 0 Å². The van der Waals surface area contributed by atoms with Gasteiger partial charge < -0.3 is 0 Å². The smallest absolute Gasteiger partial charge is 0.300 e. The van der Waals surface area contributed by atoms with Crippen LogP contribution in [-0.4, -0.2) is 68.2 Å². The predicted octanol–water partition coefficient (Wildman–Crippen LogP) is 2.89. The molecule has 0 N–H and O–H groups in total. The van der Waals surface area contributed by atoms with Crippen molar-refractivity contribution in [2.24, 2.45) is 5.92 Å². The number of carbonyl (C=O) groups is 2. The fourth-order valence-corrected chi connectivity index (χ4v) is 5.77. The SMILES string of the molecule is CCC1CCN2C(=O)N3C4C2N(C(=O)N4[C@@H](CC)C3(C)C)[C@H](C)C1. The minimum Gasteiger partial charge on any atom is -0.300 e. The number of urea groups is 2. The van der Waals surface area contributed by atoms with E-state index in [0.717, 1.165) is 32.2 Å². The summed E-state index contributed by atoms with van der Waals surface area (Å²) in [7, 11) is 0. The molecule has 6 nitrogen and oxygen atoms in total. The van der Waals surface area contributed by atoms with Gasteiger partial charge in [-0.1, -0.05) is 20.3 Å². The van der Waals surface area contributed by atoms with E-state index in [0.29, 0.717) is 5.92 Å². The maximum absolute atomic E-state index is 13.3. The highest BCUT2D eigenvalue weighted by Crippen LogP contribution is 2.50. The molecule has 134 valence electrons. The largest absolute Gasteiger partial charge is 0.324 e. The molecule has 3 unspecified atom stereocenters. The summed E-state index contributed by atoms with van der Waals surface area (Å²) in [5.41, 5.74) is -0.299. The normalized spacial score (nSPS) is 40.3. The second-order valence-electron chi connectivity index (χ2n) is 8.50. The molecule has 0 aromatic rings. The van der Waals surface area contributed by atoms with Crippen LogP contribution in [0, 0.1) is 5.92 Å². The molecular weight excluding hydrogens is 304 g/mol. The van der Waals surface area contributed by atoms with E-state index in [1.165, 1.54) is 0 Å². The molecule has 5 atom stereocenters. The van der Waals surface area contributed by atoms with Gasteiger partial charge >= 0.3 is 12.1 Å². The van der Waals surface area contributed by atoms with Crippen molar-refractivity contribution in [2.45, 2.75) is 90.3 Å². The lowest BCUT2D eigenvalue weighted by Crippen LogP contribution is -2.52. The van der Waals surface area contributed by atoms with E-state index < -0.39 is 0 Å². The number of carbonyl (C=O) groups excluding carboxylic acids is 2. The summed E-state index contributed by atoms with van der Waals surface area (Å²) in [6.07, 6.45) is 3.87. The Morgan fingerprint density at radius 2 is 1.75 bits per heavy atom. The average Bonchev–Trinajstić information content (AvgIpc) is 3.03. The van der Waals surface area contributed by atoms with Crippen LogP contribution in [0.15, 0.2) is 0 Å². The average molecular weight is 334 g/mol. The third kappa shape index (κ3) is 1.72. The predicted molar refractivity (Wildman–Crippen MR) is 91.2 cm³/mol. The van der Waals surface area contributed by atoms with Crippen molar-refractivity contribution in [2.75, 3.05) is 6.54 Å². The van der Waals surface area contributed by atoms with Crippen molar-refractivity contribution in [3.63, 3.8) is 0 Å². The number of hydrogen-bond acceptors (Lipinski definition) is 2. The zero-order valence-electron chi connectivity index (χ0n) is 15.5. The van der Waals surface area contributed by atoms with Gasteiger partial charge in [0.15, 0.2) is 6.17 Å². The second-order valence-corrected chi connectivity index (χ2v) is 8.50. The van der Waals surface area contributed by atoms with Crippen LogP contribution >= 0.6 is 0 Å². The zero-order chi connectivity index (χ0) is 17.4. The Bertz CT molecular complexity index is 577. The molecule has 0 spiro atoms. The first-order valence-corrected chi connectivity index (χ1v) is 9.55. The van der Waals surface area contributed by atoms with Crippen LogP contribution in [0.5, 0.6) is 0 Å². The van der Waals surface area contributed by atoms with Gasteiger partial charge in [0, 0.05) is 12.6 Å². The van der Waals surface area contributed by atoms with E-state index in [4.69, 9.17) is 0 Å². The lowest BCUT2D eigenvalue weighted by atomic mass is 9.92. The third-order valence-electron chi connectivity index (χ3n) is 6.98. The van der Waals surface area contributed by atoms with E-state index >= 15 is 0 Å². The maximum Gasteiger partial charge on any atom is 0.324 e. The number of rotatable bonds is 2. The number of amides is 4. The highest BCUT2D eigenvalue weighted by molar-refractivity contribution is 5.88. The van der Waals surface area contributed by atoms with Gasteiger partial charge in [0.25, 0.3) is 0 Å². The minimum atomic E-state index is -0.299. The van der Waals surface area contributed by atoms with Crippen LogP contribution in [0.4, 0.5) is 9.59 Å². The van der Waals surface area contributed by atoms with Gasteiger partial charge in [-0.2, -0.15) is 0 Å². The standard InChI is InChI=1S/C18H30N4O2/c1-6-12-8-9-19-14-15-21(17(24)20(14)11(3)10-12)13(7-2)18(4,5)22(15)16(19)23/h11-15H,6-10H2,1-5H3/t11-,12?,13+,14?,15?/m1/s1. The zero-order valence-corrected chi connectivity index (χ0v) is 15.5. The van der Waals surface area contributed by atoms with Crippen molar-refractivity contribution >= 4 is 12.1 Å². The van der Waals surface area contributed by atoms with Crippen molar-refractivity contribution in [3.8, 4) is 0 Å². The molecule has 4 aliphatic heterocycles.